The molecule has 0 aromatic heterocycles. The van der Waals surface area contributed by atoms with E-state index in [2.05, 4.69) is 39.9 Å². The van der Waals surface area contributed by atoms with Crippen LogP contribution in [0.15, 0.2) is 24.3 Å². The molecular weight excluding hydrogens is 249 g/mol. The lowest BCUT2D eigenvalue weighted by molar-refractivity contribution is 0.395. The SMILES string of the molecule is CCCNC(Cc1cccc(F)c1)C1C(C)(C)C1(C)C. The molecule has 1 nitrogen and oxygen atoms in total. The number of halogens is 1. The standard InChI is InChI=1S/C18H28FN/c1-6-10-20-15(16-17(2,3)18(16,4)5)12-13-8-7-9-14(19)11-13/h7-9,11,15-16,20H,6,10,12H2,1-5H3. The van der Waals surface area contributed by atoms with E-state index in [1.165, 1.54) is 6.07 Å². The molecule has 0 amide bonds. The molecule has 1 aromatic carbocycles. The molecule has 1 N–H and O–H groups in total. The summed E-state index contributed by atoms with van der Waals surface area (Å²) in [6, 6.07) is 7.46. The molecule has 1 aliphatic carbocycles. The van der Waals surface area contributed by atoms with Crippen LogP contribution in [0, 0.1) is 22.6 Å². The second kappa shape index (κ2) is 5.48. The largest absolute Gasteiger partial charge is 0.313 e. The van der Waals surface area contributed by atoms with Gasteiger partial charge >= 0.3 is 0 Å². The van der Waals surface area contributed by atoms with Crippen LogP contribution in [0.4, 0.5) is 4.39 Å². The second-order valence-electron chi connectivity index (χ2n) is 7.32. The van der Waals surface area contributed by atoms with Gasteiger partial charge < -0.3 is 5.32 Å². The molecule has 2 heteroatoms. The van der Waals surface area contributed by atoms with Crippen LogP contribution in [0.3, 0.4) is 0 Å². The third-order valence-electron chi connectivity index (χ3n) is 5.54. The maximum Gasteiger partial charge on any atom is 0.123 e. The van der Waals surface area contributed by atoms with Gasteiger partial charge in [-0.15, -0.1) is 0 Å². The predicted octanol–water partition coefficient (Wildman–Crippen LogP) is 4.42. The molecule has 1 aromatic rings. The van der Waals surface area contributed by atoms with Gasteiger partial charge in [0.05, 0.1) is 0 Å². The van der Waals surface area contributed by atoms with E-state index >= 15 is 0 Å². The van der Waals surface area contributed by atoms with E-state index in [0.717, 1.165) is 24.9 Å². The fourth-order valence-corrected chi connectivity index (χ4v) is 3.81. The third-order valence-corrected chi connectivity index (χ3v) is 5.54. The summed E-state index contributed by atoms with van der Waals surface area (Å²) in [5.74, 6) is 0.510. The van der Waals surface area contributed by atoms with Crippen molar-refractivity contribution in [1.82, 2.24) is 5.32 Å². The number of benzene rings is 1. The molecule has 1 saturated carbocycles. The van der Waals surface area contributed by atoms with Gasteiger partial charge in [-0.2, -0.15) is 0 Å². The van der Waals surface area contributed by atoms with Gasteiger partial charge in [-0.3, -0.25) is 0 Å². The van der Waals surface area contributed by atoms with Crippen molar-refractivity contribution in [2.75, 3.05) is 6.54 Å². The highest BCUT2D eigenvalue weighted by molar-refractivity contribution is 5.22. The first-order valence-corrected chi connectivity index (χ1v) is 7.78. The Morgan fingerprint density at radius 3 is 2.35 bits per heavy atom. The van der Waals surface area contributed by atoms with Crippen molar-refractivity contribution in [1.29, 1.82) is 0 Å². The quantitative estimate of drug-likeness (QED) is 0.811. The Kier molecular flexibility index (Phi) is 4.24. The number of hydrogen-bond donors (Lipinski definition) is 1. The van der Waals surface area contributed by atoms with E-state index < -0.39 is 0 Å². The summed E-state index contributed by atoms with van der Waals surface area (Å²) in [6.45, 7) is 12.6. The van der Waals surface area contributed by atoms with Gasteiger partial charge in [-0.1, -0.05) is 46.8 Å². The summed E-state index contributed by atoms with van der Waals surface area (Å²) in [7, 11) is 0. The van der Waals surface area contributed by atoms with Gasteiger partial charge in [0, 0.05) is 6.04 Å². The average Bonchev–Trinajstić information content (AvgIpc) is 2.76. The summed E-state index contributed by atoms with van der Waals surface area (Å²) in [6.07, 6.45) is 2.04. The first kappa shape index (κ1) is 15.5. The zero-order chi connectivity index (χ0) is 15.0. The van der Waals surface area contributed by atoms with Gasteiger partial charge in [0.1, 0.15) is 5.82 Å². The lowest BCUT2D eigenvalue weighted by Crippen LogP contribution is -2.36. The van der Waals surface area contributed by atoms with Crippen LogP contribution in [0.1, 0.15) is 46.6 Å². The number of rotatable bonds is 6. The maximum absolute atomic E-state index is 13.4. The van der Waals surface area contributed by atoms with E-state index in [1.807, 2.05) is 12.1 Å². The molecule has 20 heavy (non-hydrogen) atoms. The molecule has 112 valence electrons. The highest BCUT2D eigenvalue weighted by Crippen LogP contribution is 2.69. The zero-order valence-corrected chi connectivity index (χ0v) is 13.5. The lowest BCUT2D eigenvalue weighted by Gasteiger charge is -2.21. The van der Waals surface area contributed by atoms with Gasteiger partial charge in [-0.25, -0.2) is 4.39 Å². The Labute approximate surface area is 123 Å². The first-order chi connectivity index (χ1) is 9.30. The topological polar surface area (TPSA) is 12.0 Å². The van der Waals surface area contributed by atoms with Crippen LogP contribution >= 0.6 is 0 Å². The summed E-state index contributed by atoms with van der Waals surface area (Å²) < 4.78 is 13.4. The Balaban J connectivity index is 2.13. The minimum Gasteiger partial charge on any atom is -0.313 e. The van der Waals surface area contributed by atoms with Crippen molar-refractivity contribution in [3.8, 4) is 0 Å². The van der Waals surface area contributed by atoms with E-state index in [0.29, 0.717) is 22.8 Å². The molecule has 1 unspecified atom stereocenters. The molecule has 0 saturated heterocycles. The molecule has 2 rings (SSSR count). The summed E-state index contributed by atoms with van der Waals surface area (Å²) in [4.78, 5) is 0. The van der Waals surface area contributed by atoms with Crippen LogP contribution < -0.4 is 5.32 Å². The highest BCUT2D eigenvalue weighted by atomic mass is 19.1. The molecule has 1 aliphatic rings. The number of hydrogen-bond acceptors (Lipinski definition) is 1. The molecule has 1 fully saturated rings. The van der Waals surface area contributed by atoms with Gasteiger partial charge in [-0.05, 0) is 53.8 Å². The minimum absolute atomic E-state index is 0.133. The normalized spacial score (nSPS) is 21.7. The zero-order valence-electron chi connectivity index (χ0n) is 13.5. The third kappa shape index (κ3) is 2.76. The summed E-state index contributed by atoms with van der Waals surface area (Å²) in [5, 5.41) is 3.69. The summed E-state index contributed by atoms with van der Waals surface area (Å²) >= 11 is 0. The smallest absolute Gasteiger partial charge is 0.123 e. The van der Waals surface area contributed by atoms with E-state index in [4.69, 9.17) is 0 Å². The lowest BCUT2D eigenvalue weighted by atomic mass is 9.96. The molecule has 0 radical (unpaired) electrons. The summed E-state index contributed by atoms with van der Waals surface area (Å²) in [5.41, 5.74) is 1.80. The second-order valence-corrected chi connectivity index (χ2v) is 7.32. The average molecular weight is 277 g/mol. The maximum atomic E-state index is 13.4. The Hall–Kier alpha value is -0.890. The molecular formula is C18H28FN. The van der Waals surface area contributed by atoms with Crippen molar-refractivity contribution >= 4 is 0 Å². The van der Waals surface area contributed by atoms with Crippen molar-refractivity contribution in [2.45, 2.75) is 53.5 Å². The van der Waals surface area contributed by atoms with Gasteiger partial charge in [0.15, 0.2) is 0 Å². The highest BCUT2D eigenvalue weighted by Gasteiger charge is 2.66. The van der Waals surface area contributed by atoms with Crippen LogP contribution in [0.5, 0.6) is 0 Å². The fourth-order valence-electron chi connectivity index (χ4n) is 3.81. The van der Waals surface area contributed by atoms with Crippen molar-refractivity contribution < 1.29 is 4.39 Å². The van der Waals surface area contributed by atoms with Crippen molar-refractivity contribution in [3.63, 3.8) is 0 Å². The molecule has 1 atom stereocenters. The predicted molar refractivity (Wildman–Crippen MR) is 83.2 cm³/mol. The molecule has 0 aliphatic heterocycles. The minimum atomic E-state index is -0.133. The number of nitrogens with one attached hydrogen (secondary N) is 1. The first-order valence-electron chi connectivity index (χ1n) is 7.78. The Bertz CT molecular complexity index is 450. The van der Waals surface area contributed by atoms with Crippen LogP contribution in [-0.4, -0.2) is 12.6 Å². The van der Waals surface area contributed by atoms with Crippen molar-refractivity contribution in [2.24, 2.45) is 16.7 Å². The molecule has 0 heterocycles. The van der Waals surface area contributed by atoms with Crippen LogP contribution in [0.25, 0.3) is 0 Å². The van der Waals surface area contributed by atoms with Crippen LogP contribution in [0.2, 0.25) is 0 Å². The van der Waals surface area contributed by atoms with E-state index in [1.54, 1.807) is 6.07 Å². The fraction of sp³-hybridized carbons (Fsp3) is 0.667. The molecule has 0 spiro atoms. The molecule has 0 bridgehead atoms. The van der Waals surface area contributed by atoms with Gasteiger partial charge in [0.25, 0.3) is 0 Å². The van der Waals surface area contributed by atoms with E-state index in [9.17, 15) is 4.39 Å². The van der Waals surface area contributed by atoms with E-state index in [-0.39, 0.29) is 5.82 Å². The van der Waals surface area contributed by atoms with Gasteiger partial charge in [0.2, 0.25) is 0 Å². The Morgan fingerprint density at radius 1 is 1.20 bits per heavy atom. The van der Waals surface area contributed by atoms with Crippen molar-refractivity contribution in [3.05, 3.63) is 35.6 Å². The Morgan fingerprint density at radius 2 is 1.85 bits per heavy atom. The monoisotopic (exact) mass is 277 g/mol. The van der Waals surface area contributed by atoms with Crippen LogP contribution in [-0.2, 0) is 6.42 Å².